The fraction of sp³-hybridized carbons (Fsp3) is 0.588. The average Bonchev–Trinajstić information content (AvgIpc) is 3.12. The number of hydrazine groups is 1. The highest BCUT2D eigenvalue weighted by Gasteiger charge is 2.36. The van der Waals surface area contributed by atoms with E-state index in [1.807, 2.05) is 18.3 Å². The van der Waals surface area contributed by atoms with Gasteiger partial charge in [-0.05, 0) is 37.8 Å². The van der Waals surface area contributed by atoms with E-state index >= 15 is 0 Å². The highest BCUT2D eigenvalue weighted by Crippen LogP contribution is 2.24. The number of carbonyl (C=O) groups excluding carboxylic acids is 2. The molecular formula is C17H24N4O3. The highest BCUT2D eigenvalue weighted by molar-refractivity contribution is 5.83. The van der Waals surface area contributed by atoms with Gasteiger partial charge in [0.1, 0.15) is 6.04 Å². The van der Waals surface area contributed by atoms with Gasteiger partial charge in [-0.25, -0.2) is 10.9 Å². The van der Waals surface area contributed by atoms with Crippen molar-refractivity contribution in [3.63, 3.8) is 0 Å². The SMILES string of the molecule is CCOC(=O)C1CCCN(C(=O)C2CC(c3cccnc3)NN2)C1. The number of aromatic nitrogens is 1. The lowest BCUT2D eigenvalue weighted by Gasteiger charge is -2.33. The molecule has 0 aromatic carbocycles. The number of pyridine rings is 1. The molecule has 130 valence electrons. The second-order valence-corrected chi connectivity index (χ2v) is 6.29. The summed E-state index contributed by atoms with van der Waals surface area (Å²) in [7, 11) is 0. The van der Waals surface area contributed by atoms with Crippen molar-refractivity contribution < 1.29 is 14.3 Å². The molecule has 24 heavy (non-hydrogen) atoms. The third-order valence-electron chi connectivity index (χ3n) is 4.64. The fourth-order valence-electron chi connectivity index (χ4n) is 3.37. The third kappa shape index (κ3) is 3.73. The molecule has 2 saturated heterocycles. The van der Waals surface area contributed by atoms with Gasteiger partial charge in [0, 0.05) is 31.5 Å². The van der Waals surface area contributed by atoms with Crippen molar-refractivity contribution in [2.45, 2.75) is 38.3 Å². The van der Waals surface area contributed by atoms with Gasteiger partial charge >= 0.3 is 5.97 Å². The Hall–Kier alpha value is -1.99. The summed E-state index contributed by atoms with van der Waals surface area (Å²) in [5.41, 5.74) is 7.31. The molecule has 1 aromatic heterocycles. The van der Waals surface area contributed by atoms with Crippen LogP contribution in [0.4, 0.5) is 0 Å². The number of nitrogens with zero attached hydrogens (tertiary/aromatic N) is 2. The van der Waals surface area contributed by atoms with Gasteiger partial charge in [-0.15, -0.1) is 0 Å². The van der Waals surface area contributed by atoms with Crippen LogP contribution in [0, 0.1) is 5.92 Å². The van der Waals surface area contributed by atoms with E-state index in [1.54, 1.807) is 18.0 Å². The normalized spacial score (nSPS) is 27.0. The first kappa shape index (κ1) is 16.9. The zero-order valence-electron chi connectivity index (χ0n) is 13.9. The second-order valence-electron chi connectivity index (χ2n) is 6.29. The van der Waals surface area contributed by atoms with E-state index in [2.05, 4.69) is 15.8 Å². The van der Waals surface area contributed by atoms with Crippen LogP contribution in [0.25, 0.3) is 0 Å². The van der Waals surface area contributed by atoms with Gasteiger partial charge in [0.2, 0.25) is 5.91 Å². The molecule has 0 saturated carbocycles. The number of rotatable bonds is 4. The van der Waals surface area contributed by atoms with E-state index in [0.29, 0.717) is 26.1 Å². The molecule has 2 fully saturated rings. The summed E-state index contributed by atoms with van der Waals surface area (Å²) in [6, 6.07) is 3.67. The van der Waals surface area contributed by atoms with Crippen molar-refractivity contribution in [2.75, 3.05) is 19.7 Å². The summed E-state index contributed by atoms with van der Waals surface area (Å²) in [6.07, 6.45) is 5.84. The number of hydrogen-bond acceptors (Lipinski definition) is 6. The van der Waals surface area contributed by atoms with Gasteiger partial charge in [-0.2, -0.15) is 0 Å². The Morgan fingerprint density at radius 2 is 2.29 bits per heavy atom. The van der Waals surface area contributed by atoms with Crippen LogP contribution >= 0.6 is 0 Å². The van der Waals surface area contributed by atoms with Gasteiger partial charge in [0.15, 0.2) is 0 Å². The molecule has 7 heteroatoms. The lowest BCUT2D eigenvalue weighted by atomic mass is 9.96. The zero-order valence-corrected chi connectivity index (χ0v) is 13.9. The average molecular weight is 332 g/mol. The minimum atomic E-state index is -0.281. The molecule has 0 radical (unpaired) electrons. The van der Waals surface area contributed by atoms with Crippen LogP contribution in [-0.4, -0.2) is 47.5 Å². The number of piperidine rings is 1. The first-order valence-electron chi connectivity index (χ1n) is 8.55. The lowest BCUT2D eigenvalue weighted by Crippen LogP contribution is -2.50. The van der Waals surface area contributed by atoms with E-state index in [1.165, 1.54) is 0 Å². The zero-order chi connectivity index (χ0) is 16.9. The van der Waals surface area contributed by atoms with Gasteiger partial charge in [-0.3, -0.25) is 14.6 Å². The summed E-state index contributed by atoms with van der Waals surface area (Å²) in [5.74, 6) is -0.352. The molecule has 0 spiro atoms. The minimum Gasteiger partial charge on any atom is -0.466 e. The third-order valence-corrected chi connectivity index (χ3v) is 4.64. The van der Waals surface area contributed by atoms with E-state index in [4.69, 9.17) is 4.74 Å². The Labute approximate surface area is 141 Å². The minimum absolute atomic E-state index is 0.0443. The Morgan fingerprint density at radius 1 is 1.42 bits per heavy atom. The quantitative estimate of drug-likeness (QED) is 0.793. The molecule has 3 atom stereocenters. The van der Waals surface area contributed by atoms with Crippen LogP contribution in [0.3, 0.4) is 0 Å². The summed E-state index contributed by atoms with van der Waals surface area (Å²) in [4.78, 5) is 30.6. The molecule has 1 amide bonds. The smallest absolute Gasteiger partial charge is 0.310 e. The van der Waals surface area contributed by atoms with E-state index < -0.39 is 0 Å². The van der Waals surface area contributed by atoms with E-state index in [9.17, 15) is 9.59 Å². The van der Waals surface area contributed by atoms with Crippen LogP contribution in [-0.2, 0) is 14.3 Å². The number of esters is 1. The predicted octanol–water partition coefficient (Wildman–Crippen LogP) is 0.791. The van der Waals surface area contributed by atoms with Crippen LogP contribution in [0.2, 0.25) is 0 Å². The number of likely N-dealkylation sites (tertiary alicyclic amines) is 1. The fourth-order valence-corrected chi connectivity index (χ4v) is 3.37. The second kappa shape index (κ2) is 7.72. The van der Waals surface area contributed by atoms with E-state index in [-0.39, 0.29) is 29.9 Å². The van der Waals surface area contributed by atoms with Crippen LogP contribution in [0.15, 0.2) is 24.5 Å². The molecule has 3 unspecified atom stereocenters. The summed E-state index contributed by atoms with van der Waals surface area (Å²) in [5, 5.41) is 0. The first-order valence-corrected chi connectivity index (χ1v) is 8.55. The molecule has 2 aliphatic rings. The number of nitrogens with one attached hydrogen (secondary N) is 2. The summed E-state index contributed by atoms with van der Waals surface area (Å²) < 4.78 is 5.10. The van der Waals surface area contributed by atoms with Crippen LogP contribution in [0.1, 0.15) is 37.8 Å². The molecule has 2 aliphatic heterocycles. The lowest BCUT2D eigenvalue weighted by molar-refractivity contribution is -0.151. The maximum atomic E-state index is 12.8. The molecule has 1 aromatic rings. The van der Waals surface area contributed by atoms with Crippen LogP contribution in [0.5, 0.6) is 0 Å². The first-order chi connectivity index (χ1) is 11.7. The molecule has 0 aliphatic carbocycles. The van der Waals surface area contributed by atoms with Gasteiger partial charge < -0.3 is 9.64 Å². The monoisotopic (exact) mass is 332 g/mol. The number of hydrogen-bond donors (Lipinski definition) is 2. The molecule has 0 bridgehead atoms. The maximum Gasteiger partial charge on any atom is 0.310 e. The standard InChI is InChI=1S/C17H24N4O3/c1-2-24-17(23)13-6-4-8-21(11-13)16(22)15-9-14(19-20-15)12-5-3-7-18-10-12/h3,5,7,10,13-15,19-20H,2,4,6,8-9,11H2,1H3. The van der Waals surface area contributed by atoms with Gasteiger partial charge in [-0.1, -0.05) is 6.07 Å². The molecule has 7 nitrogen and oxygen atoms in total. The number of carbonyl (C=O) groups is 2. The van der Waals surface area contributed by atoms with Crippen molar-refractivity contribution in [1.29, 1.82) is 0 Å². The molecule has 2 N–H and O–H groups in total. The predicted molar refractivity (Wildman–Crippen MR) is 87.6 cm³/mol. The van der Waals surface area contributed by atoms with Crippen molar-refractivity contribution in [3.05, 3.63) is 30.1 Å². The largest absolute Gasteiger partial charge is 0.466 e. The van der Waals surface area contributed by atoms with Gasteiger partial charge in [0.05, 0.1) is 12.5 Å². The maximum absolute atomic E-state index is 12.8. The number of amides is 1. The molecular weight excluding hydrogens is 308 g/mol. The van der Waals surface area contributed by atoms with E-state index in [0.717, 1.165) is 18.4 Å². The Balaban J connectivity index is 1.57. The van der Waals surface area contributed by atoms with Crippen molar-refractivity contribution in [2.24, 2.45) is 5.92 Å². The summed E-state index contributed by atoms with van der Waals surface area (Å²) >= 11 is 0. The Bertz CT molecular complexity index is 580. The number of ether oxygens (including phenoxy) is 1. The van der Waals surface area contributed by atoms with Gasteiger partial charge in [0.25, 0.3) is 0 Å². The van der Waals surface area contributed by atoms with Crippen molar-refractivity contribution in [1.82, 2.24) is 20.7 Å². The summed E-state index contributed by atoms with van der Waals surface area (Å²) in [6.45, 7) is 3.33. The Kier molecular flexibility index (Phi) is 5.42. The van der Waals surface area contributed by atoms with Crippen LogP contribution < -0.4 is 10.9 Å². The highest BCUT2D eigenvalue weighted by atomic mass is 16.5. The van der Waals surface area contributed by atoms with Crippen molar-refractivity contribution >= 4 is 11.9 Å². The molecule has 3 rings (SSSR count). The topological polar surface area (TPSA) is 83.6 Å². The van der Waals surface area contributed by atoms with Crippen molar-refractivity contribution in [3.8, 4) is 0 Å². The molecule has 3 heterocycles. The Morgan fingerprint density at radius 3 is 3.04 bits per heavy atom.